The Kier molecular flexibility index (Phi) is 9.99. The molecule has 9 nitrogen and oxygen atoms in total. The van der Waals surface area contributed by atoms with Crippen LogP contribution in [0.2, 0.25) is 0 Å². The highest BCUT2D eigenvalue weighted by Crippen LogP contribution is 2.15. The number of carbonyl (C=O) groups excluding carboxylic acids is 2. The Morgan fingerprint density at radius 3 is 2.26 bits per heavy atom. The van der Waals surface area contributed by atoms with Crippen molar-refractivity contribution < 1.29 is 29.4 Å². The van der Waals surface area contributed by atoms with Gasteiger partial charge in [-0.3, -0.25) is 19.2 Å². The van der Waals surface area contributed by atoms with Gasteiger partial charge in [0.15, 0.2) is 0 Å². The number of amides is 2. The Morgan fingerprint density at radius 1 is 1.22 bits per heavy atom. The SMILES string of the molecule is CCCC(CC(=O)N[C@@H](CS)C(=O)NCC(=O)O)C(N)C(=O)O. The van der Waals surface area contributed by atoms with Crippen LogP contribution in [0.4, 0.5) is 0 Å². The molecule has 132 valence electrons. The molecule has 0 aliphatic heterocycles. The van der Waals surface area contributed by atoms with E-state index in [9.17, 15) is 19.2 Å². The first-order chi connectivity index (χ1) is 10.7. The minimum absolute atomic E-state index is 0.0272. The average molecular weight is 349 g/mol. The fourth-order valence-corrected chi connectivity index (χ4v) is 2.21. The van der Waals surface area contributed by atoms with Crippen molar-refractivity contribution in [3.8, 4) is 0 Å². The van der Waals surface area contributed by atoms with Crippen LogP contribution in [0.15, 0.2) is 0 Å². The molecule has 0 aromatic rings. The van der Waals surface area contributed by atoms with Crippen molar-refractivity contribution in [1.29, 1.82) is 0 Å². The van der Waals surface area contributed by atoms with Gasteiger partial charge in [0.2, 0.25) is 11.8 Å². The first-order valence-corrected chi connectivity index (χ1v) is 7.74. The van der Waals surface area contributed by atoms with Crippen molar-refractivity contribution >= 4 is 36.4 Å². The normalized spacial score (nSPS) is 14.4. The topological polar surface area (TPSA) is 159 Å². The van der Waals surface area contributed by atoms with Crippen LogP contribution >= 0.6 is 12.6 Å². The maximum absolute atomic E-state index is 12.0. The monoisotopic (exact) mass is 349 g/mol. The Morgan fingerprint density at radius 2 is 1.83 bits per heavy atom. The zero-order chi connectivity index (χ0) is 18.0. The minimum Gasteiger partial charge on any atom is -0.480 e. The Labute approximate surface area is 139 Å². The van der Waals surface area contributed by atoms with Crippen LogP contribution in [0, 0.1) is 5.92 Å². The molecule has 0 aliphatic rings. The van der Waals surface area contributed by atoms with Crippen LogP contribution < -0.4 is 16.4 Å². The number of nitrogens with two attached hydrogens (primary N) is 1. The summed E-state index contributed by atoms with van der Waals surface area (Å²) in [5.41, 5.74) is 5.56. The molecule has 2 unspecified atom stereocenters. The molecular weight excluding hydrogens is 326 g/mol. The first kappa shape index (κ1) is 21.2. The molecule has 0 heterocycles. The van der Waals surface area contributed by atoms with Crippen LogP contribution in [0.3, 0.4) is 0 Å². The van der Waals surface area contributed by atoms with Crippen LogP contribution in [0.5, 0.6) is 0 Å². The second-order valence-electron chi connectivity index (χ2n) is 5.03. The summed E-state index contributed by atoms with van der Waals surface area (Å²) in [6.45, 7) is 1.27. The zero-order valence-corrected chi connectivity index (χ0v) is 13.7. The number of carboxylic acids is 2. The molecule has 0 aromatic carbocycles. The van der Waals surface area contributed by atoms with Gasteiger partial charge in [0.25, 0.3) is 0 Å². The van der Waals surface area contributed by atoms with Gasteiger partial charge < -0.3 is 26.6 Å². The summed E-state index contributed by atoms with van der Waals surface area (Å²) >= 11 is 3.94. The van der Waals surface area contributed by atoms with Gasteiger partial charge in [-0.15, -0.1) is 0 Å². The lowest BCUT2D eigenvalue weighted by Gasteiger charge is -2.21. The highest BCUT2D eigenvalue weighted by atomic mass is 32.1. The fraction of sp³-hybridized carbons (Fsp3) is 0.692. The van der Waals surface area contributed by atoms with Crippen molar-refractivity contribution in [2.75, 3.05) is 12.3 Å². The summed E-state index contributed by atoms with van der Waals surface area (Å²) in [5, 5.41) is 22.0. The van der Waals surface area contributed by atoms with E-state index in [0.717, 1.165) is 0 Å². The summed E-state index contributed by atoms with van der Waals surface area (Å²) in [4.78, 5) is 45.0. The van der Waals surface area contributed by atoms with Crippen LogP contribution in [-0.2, 0) is 19.2 Å². The molecule has 0 aromatic heterocycles. The van der Waals surface area contributed by atoms with Crippen molar-refractivity contribution in [3.63, 3.8) is 0 Å². The van der Waals surface area contributed by atoms with Gasteiger partial charge in [-0.05, 0) is 12.3 Å². The Hall–Kier alpha value is -1.81. The number of carbonyl (C=O) groups is 4. The van der Waals surface area contributed by atoms with E-state index >= 15 is 0 Å². The molecule has 0 fully saturated rings. The maximum atomic E-state index is 12.0. The quantitative estimate of drug-likeness (QED) is 0.256. The Balaban J connectivity index is 4.64. The minimum atomic E-state index is -1.21. The second kappa shape index (κ2) is 10.8. The van der Waals surface area contributed by atoms with Gasteiger partial charge in [0, 0.05) is 12.2 Å². The lowest BCUT2D eigenvalue weighted by molar-refractivity contribution is -0.140. The predicted octanol–water partition coefficient (Wildman–Crippen LogP) is -1.18. The van der Waals surface area contributed by atoms with E-state index in [1.54, 1.807) is 0 Å². The van der Waals surface area contributed by atoms with Crippen LogP contribution in [0.1, 0.15) is 26.2 Å². The number of hydrogen-bond acceptors (Lipinski definition) is 6. The number of rotatable bonds is 11. The third-order valence-electron chi connectivity index (χ3n) is 3.15. The summed E-state index contributed by atoms with van der Waals surface area (Å²) in [6, 6.07) is -2.18. The van der Waals surface area contributed by atoms with E-state index in [0.29, 0.717) is 12.8 Å². The summed E-state index contributed by atoms with van der Waals surface area (Å²) < 4.78 is 0. The number of hydrogen-bond donors (Lipinski definition) is 6. The molecule has 0 saturated carbocycles. The maximum Gasteiger partial charge on any atom is 0.322 e. The van der Waals surface area contributed by atoms with Gasteiger partial charge in [0.05, 0.1) is 0 Å². The Bertz CT molecular complexity index is 445. The van der Waals surface area contributed by atoms with E-state index < -0.39 is 48.3 Å². The number of aliphatic carboxylic acids is 2. The van der Waals surface area contributed by atoms with Crippen molar-refractivity contribution in [1.82, 2.24) is 10.6 Å². The number of carboxylic acid groups (broad SMARTS) is 2. The molecule has 23 heavy (non-hydrogen) atoms. The third-order valence-corrected chi connectivity index (χ3v) is 3.51. The summed E-state index contributed by atoms with van der Waals surface area (Å²) in [5.74, 6) is -4.20. The lowest BCUT2D eigenvalue weighted by Crippen LogP contribution is -2.50. The smallest absolute Gasteiger partial charge is 0.322 e. The average Bonchev–Trinajstić information content (AvgIpc) is 2.48. The molecule has 0 aliphatic carbocycles. The van der Waals surface area contributed by atoms with E-state index in [1.807, 2.05) is 6.92 Å². The molecule has 3 atom stereocenters. The molecule has 0 saturated heterocycles. The lowest BCUT2D eigenvalue weighted by atomic mass is 9.91. The molecular formula is C13H23N3O6S. The third kappa shape index (κ3) is 8.41. The highest BCUT2D eigenvalue weighted by Gasteiger charge is 2.27. The van der Waals surface area contributed by atoms with Gasteiger partial charge >= 0.3 is 11.9 Å². The van der Waals surface area contributed by atoms with Crippen LogP contribution in [0.25, 0.3) is 0 Å². The molecule has 10 heteroatoms. The zero-order valence-electron chi connectivity index (χ0n) is 12.8. The highest BCUT2D eigenvalue weighted by molar-refractivity contribution is 7.80. The van der Waals surface area contributed by atoms with Gasteiger partial charge in [-0.2, -0.15) is 12.6 Å². The molecule has 0 spiro atoms. The molecule has 2 amide bonds. The van der Waals surface area contributed by atoms with Gasteiger partial charge in [-0.25, -0.2) is 0 Å². The van der Waals surface area contributed by atoms with Crippen molar-refractivity contribution in [3.05, 3.63) is 0 Å². The molecule has 0 radical (unpaired) electrons. The summed E-state index contributed by atoms with van der Waals surface area (Å²) in [7, 11) is 0. The van der Waals surface area contributed by atoms with E-state index in [4.69, 9.17) is 15.9 Å². The van der Waals surface area contributed by atoms with E-state index in [1.165, 1.54) is 0 Å². The van der Waals surface area contributed by atoms with Crippen LogP contribution in [-0.4, -0.2) is 58.3 Å². The van der Waals surface area contributed by atoms with Crippen molar-refractivity contribution in [2.24, 2.45) is 11.7 Å². The fourth-order valence-electron chi connectivity index (χ4n) is 1.95. The van der Waals surface area contributed by atoms with Crippen molar-refractivity contribution in [2.45, 2.75) is 38.3 Å². The molecule has 6 N–H and O–H groups in total. The van der Waals surface area contributed by atoms with Gasteiger partial charge in [-0.1, -0.05) is 13.3 Å². The second-order valence-corrected chi connectivity index (χ2v) is 5.40. The first-order valence-electron chi connectivity index (χ1n) is 7.11. The summed E-state index contributed by atoms with van der Waals surface area (Å²) in [6.07, 6.45) is 0.976. The molecule has 0 bridgehead atoms. The predicted molar refractivity (Wildman–Crippen MR) is 85.1 cm³/mol. The van der Waals surface area contributed by atoms with E-state index in [-0.39, 0.29) is 12.2 Å². The number of nitrogens with one attached hydrogen (secondary N) is 2. The largest absolute Gasteiger partial charge is 0.480 e. The standard InChI is InChI=1S/C13H23N3O6S/c1-2-3-7(11(14)13(21)22)4-9(17)16-8(6-23)12(20)15-5-10(18)19/h7-8,11,23H,2-6,14H2,1H3,(H,15,20)(H,16,17)(H,18,19)(H,21,22)/t7?,8-,11?/m0/s1. The van der Waals surface area contributed by atoms with E-state index in [2.05, 4.69) is 23.3 Å². The van der Waals surface area contributed by atoms with Gasteiger partial charge in [0.1, 0.15) is 18.6 Å². The molecule has 0 rings (SSSR count). The number of thiol groups is 1.